The van der Waals surface area contributed by atoms with E-state index in [0.29, 0.717) is 22.0 Å². The monoisotopic (exact) mass is 438 g/mol. The third kappa shape index (κ3) is 3.34. The molecule has 1 saturated heterocycles. The van der Waals surface area contributed by atoms with Gasteiger partial charge in [0.2, 0.25) is 11.6 Å². The predicted molar refractivity (Wildman–Crippen MR) is 115 cm³/mol. The van der Waals surface area contributed by atoms with E-state index in [9.17, 15) is 29.9 Å². The summed E-state index contributed by atoms with van der Waals surface area (Å²) >= 11 is 0. The highest BCUT2D eigenvalue weighted by Crippen LogP contribution is 2.33. The minimum Gasteiger partial charge on any atom is -0.508 e. The molecule has 2 amide bonds. The molecule has 1 aliphatic rings. The molecule has 1 aromatic heterocycles. The Morgan fingerprint density at radius 1 is 1.19 bits per heavy atom. The van der Waals surface area contributed by atoms with E-state index in [0.717, 1.165) is 4.90 Å². The Hall–Kier alpha value is -3.92. The third-order valence-electron chi connectivity index (χ3n) is 6.04. The molecule has 2 heterocycles. The fourth-order valence-electron chi connectivity index (χ4n) is 4.26. The molecule has 0 bridgehead atoms. The summed E-state index contributed by atoms with van der Waals surface area (Å²) in [6.45, 7) is 0. The van der Waals surface area contributed by atoms with Gasteiger partial charge >= 0.3 is 0 Å². The normalized spacial score (nSPS) is 21.4. The van der Waals surface area contributed by atoms with Crippen molar-refractivity contribution >= 4 is 28.4 Å². The van der Waals surface area contributed by atoms with Crippen molar-refractivity contribution in [2.45, 2.75) is 24.6 Å². The van der Waals surface area contributed by atoms with Crippen molar-refractivity contribution in [1.82, 2.24) is 14.8 Å². The summed E-state index contributed by atoms with van der Waals surface area (Å²) in [5.41, 5.74) is -0.649. The second kappa shape index (κ2) is 7.65. The lowest BCUT2D eigenvalue weighted by molar-refractivity contribution is -0.383. The molecule has 1 aliphatic heterocycles. The summed E-state index contributed by atoms with van der Waals surface area (Å²) in [4.78, 5) is 42.5. The lowest BCUT2D eigenvalue weighted by atomic mass is 9.92. The molecule has 0 radical (unpaired) electrons. The molecule has 3 aromatic rings. The van der Waals surface area contributed by atoms with Crippen molar-refractivity contribution in [1.29, 1.82) is 0 Å². The Morgan fingerprint density at radius 3 is 2.59 bits per heavy atom. The average molecular weight is 438 g/mol. The number of rotatable bonds is 5. The number of benzene rings is 2. The number of aromatic hydroxyl groups is 1. The molecule has 1 unspecified atom stereocenters. The van der Waals surface area contributed by atoms with Crippen LogP contribution >= 0.6 is 0 Å². The zero-order valence-electron chi connectivity index (χ0n) is 17.5. The number of nitrogens with zero attached hydrogens (tertiary/aromatic N) is 3. The predicted octanol–water partition coefficient (Wildman–Crippen LogP) is 1.55. The molecule has 4 rings (SSSR count). The number of fused-ring (bicyclic) bond motifs is 1. The van der Waals surface area contributed by atoms with Crippen LogP contribution in [-0.4, -0.2) is 67.6 Å². The molecule has 3 N–H and O–H groups in total. The van der Waals surface area contributed by atoms with Gasteiger partial charge < -0.3 is 25.0 Å². The minimum absolute atomic E-state index is 0.0181. The van der Waals surface area contributed by atoms with E-state index in [-0.39, 0.29) is 24.3 Å². The van der Waals surface area contributed by atoms with Gasteiger partial charge in [-0.25, -0.2) is 0 Å². The van der Waals surface area contributed by atoms with Crippen LogP contribution in [0.4, 0.5) is 5.69 Å². The number of nitrogens with one attached hydrogen (secondary N) is 1. The highest BCUT2D eigenvalue weighted by Gasteiger charge is 2.53. The number of aromatic nitrogens is 1. The first kappa shape index (κ1) is 21.3. The Bertz CT molecular complexity index is 1240. The number of hydrogen-bond donors (Lipinski definition) is 3. The lowest BCUT2D eigenvalue weighted by Gasteiger charge is -2.47. The molecular weight excluding hydrogens is 416 g/mol. The van der Waals surface area contributed by atoms with E-state index in [2.05, 4.69) is 4.98 Å². The number of carbonyl (C=O) groups is 2. The van der Waals surface area contributed by atoms with Gasteiger partial charge in [0.05, 0.1) is 15.8 Å². The zero-order chi connectivity index (χ0) is 23.2. The van der Waals surface area contributed by atoms with E-state index in [1.54, 1.807) is 30.5 Å². The number of nitro groups is 1. The van der Waals surface area contributed by atoms with Crippen LogP contribution in [0.2, 0.25) is 0 Å². The molecular formula is C22H22N4O6. The van der Waals surface area contributed by atoms with Crippen molar-refractivity contribution in [2.75, 3.05) is 14.1 Å². The zero-order valence-corrected chi connectivity index (χ0v) is 17.5. The number of hydrogen-bond acceptors (Lipinski definition) is 6. The number of likely N-dealkylation sites (N-methyl/N-ethyl adjacent to an activating group) is 2. The SMILES string of the molecule is CN1C(=O)[C@](O)(Cc2cccc(O)c2)N(C)C(=O)C1Cc1c[nH]c2cccc([N+](=O)[O-])c12. The van der Waals surface area contributed by atoms with Crippen LogP contribution in [0.3, 0.4) is 0 Å². The fraction of sp³-hybridized carbons (Fsp3) is 0.273. The molecule has 32 heavy (non-hydrogen) atoms. The Balaban J connectivity index is 1.66. The summed E-state index contributed by atoms with van der Waals surface area (Å²) < 4.78 is 0. The highest BCUT2D eigenvalue weighted by atomic mass is 16.6. The smallest absolute Gasteiger partial charge is 0.279 e. The number of phenolic OH excluding ortho intramolecular Hbond substituents is 1. The number of nitro benzene ring substituents is 1. The van der Waals surface area contributed by atoms with Crippen LogP contribution in [0.15, 0.2) is 48.7 Å². The number of amides is 2. The van der Waals surface area contributed by atoms with Gasteiger partial charge in [-0.15, -0.1) is 0 Å². The molecule has 2 aromatic carbocycles. The number of aliphatic hydroxyl groups is 1. The van der Waals surface area contributed by atoms with E-state index in [1.807, 2.05) is 0 Å². The van der Waals surface area contributed by atoms with Crippen molar-refractivity contribution in [3.63, 3.8) is 0 Å². The lowest BCUT2D eigenvalue weighted by Crippen LogP contribution is -2.70. The number of non-ortho nitro benzene ring substituents is 1. The molecule has 2 atom stereocenters. The number of H-pyrrole nitrogens is 1. The molecule has 166 valence electrons. The van der Waals surface area contributed by atoms with Crippen LogP contribution < -0.4 is 0 Å². The minimum atomic E-state index is -2.12. The van der Waals surface area contributed by atoms with Crippen molar-refractivity contribution in [3.8, 4) is 5.75 Å². The average Bonchev–Trinajstić information content (AvgIpc) is 3.17. The maximum absolute atomic E-state index is 13.2. The number of phenols is 1. The summed E-state index contributed by atoms with van der Waals surface area (Å²) in [6, 6.07) is 9.81. The van der Waals surface area contributed by atoms with Gasteiger partial charge in [-0.3, -0.25) is 19.7 Å². The van der Waals surface area contributed by atoms with Crippen molar-refractivity contribution in [2.24, 2.45) is 0 Å². The van der Waals surface area contributed by atoms with Gasteiger partial charge in [0, 0.05) is 39.2 Å². The van der Waals surface area contributed by atoms with Gasteiger partial charge in [-0.2, -0.15) is 0 Å². The van der Waals surface area contributed by atoms with E-state index in [4.69, 9.17) is 0 Å². The van der Waals surface area contributed by atoms with Crippen LogP contribution in [0, 0.1) is 10.1 Å². The molecule has 1 fully saturated rings. The Morgan fingerprint density at radius 2 is 1.91 bits per heavy atom. The molecule has 0 saturated carbocycles. The maximum atomic E-state index is 13.2. The highest BCUT2D eigenvalue weighted by molar-refractivity contribution is 5.99. The largest absolute Gasteiger partial charge is 0.508 e. The molecule has 0 aliphatic carbocycles. The second-order valence-corrected chi connectivity index (χ2v) is 7.97. The maximum Gasteiger partial charge on any atom is 0.279 e. The van der Waals surface area contributed by atoms with Crippen LogP contribution in [-0.2, 0) is 22.4 Å². The standard InChI is InChI=1S/C22H22N4O6/c1-24-18(10-14-12-23-16-7-4-8-17(19(14)16)26(31)32)20(28)25(2)22(30,21(24)29)11-13-5-3-6-15(27)9-13/h3-9,12,18,23,27,30H,10-11H2,1-2H3/t18?,22-/m1/s1. The van der Waals surface area contributed by atoms with Crippen LogP contribution in [0.1, 0.15) is 11.1 Å². The summed E-state index contributed by atoms with van der Waals surface area (Å²) in [6.07, 6.45) is 1.44. The summed E-state index contributed by atoms with van der Waals surface area (Å²) in [5.74, 6) is -1.19. The fourth-order valence-corrected chi connectivity index (χ4v) is 4.26. The van der Waals surface area contributed by atoms with Gasteiger partial charge in [-0.05, 0) is 29.3 Å². The van der Waals surface area contributed by atoms with Crippen molar-refractivity contribution in [3.05, 3.63) is 69.9 Å². The Kier molecular flexibility index (Phi) is 5.09. The molecule has 10 nitrogen and oxygen atoms in total. The van der Waals surface area contributed by atoms with E-state index >= 15 is 0 Å². The summed E-state index contributed by atoms with van der Waals surface area (Å²) in [5, 5.41) is 32.7. The van der Waals surface area contributed by atoms with E-state index in [1.165, 1.54) is 37.2 Å². The number of carbonyl (C=O) groups excluding carboxylic acids is 2. The third-order valence-corrected chi connectivity index (χ3v) is 6.04. The van der Waals surface area contributed by atoms with Crippen molar-refractivity contribution < 1.29 is 24.7 Å². The van der Waals surface area contributed by atoms with Gasteiger partial charge in [-0.1, -0.05) is 18.2 Å². The first-order valence-electron chi connectivity index (χ1n) is 9.92. The first-order chi connectivity index (χ1) is 15.1. The van der Waals surface area contributed by atoms with E-state index < -0.39 is 28.5 Å². The first-order valence-corrected chi connectivity index (χ1v) is 9.92. The molecule has 10 heteroatoms. The molecule has 0 spiro atoms. The van der Waals surface area contributed by atoms with Gasteiger partial charge in [0.1, 0.15) is 11.8 Å². The second-order valence-electron chi connectivity index (χ2n) is 7.97. The van der Waals surface area contributed by atoms with Gasteiger partial charge in [0.25, 0.3) is 11.6 Å². The van der Waals surface area contributed by atoms with Crippen LogP contribution in [0.25, 0.3) is 10.9 Å². The van der Waals surface area contributed by atoms with Crippen LogP contribution in [0.5, 0.6) is 5.75 Å². The summed E-state index contributed by atoms with van der Waals surface area (Å²) in [7, 11) is 2.77. The van der Waals surface area contributed by atoms with Gasteiger partial charge in [0.15, 0.2) is 0 Å². The topological polar surface area (TPSA) is 140 Å². The number of piperazine rings is 1. The Labute approximate surface area is 182 Å². The number of aromatic amines is 1. The quantitative estimate of drug-likeness (QED) is 0.408.